The first kappa shape index (κ1) is 9.32. The Morgan fingerprint density at radius 1 is 1.33 bits per heavy atom. The molecule has 15 heavy (non-hydrogen) atoms. The Morgan fingerprint density at radius 2 is 2.07 bits per heavy atom. The summed E-state index contributed by atoms with van der Waals surface area (Å²) in [4.78, 5) is 16.0. The summed E-state index contributed by atoms with van der Waals surface area (Å²) in [5.41, 5.74) is 0.816. The number of hydrogen-bond acceptors (Lipinski definition) is 5. The van der Waals surface area contributed by atoms with Gasteiger partial charge < -0.3 is 4.84 Å². The standard InChI is InChI=1S/C9H8N4O2/c1-7(14)15-13-11-9(10-12-13)8-5-3-2-4-6-8/h2-6H,1H3. The van der Waals surface area contributed by atoms with Gasteiger partial charge >= 0.3 is 5.97 Å². The van der Waals surface area contributed by atoms with Crippen molar-refractivity contribution in [3.8, 4) is 11.4 Å². The highest BCUT2D eigenvalue weighted by Gasteiger charge is 2.06. The summed E-state index contributed by atoms with van der Waals surface area (Å²) in [5, 5.41) is 11.2. The molecule has 0 spiro atoms. The van der Waals surface area contributed by atoms with Crippen LogP contribution in [0.3, 0.4) is 0 Å². The van der Waals surface area contributed by atoms with Gasteiger partial charge in [0.15, 0.2) is 0 Å². The molecule has 6 nitrogen and oxygen atoms in total. The molecule has 0 aliphatic heterocycles. The molecule has 1 heterocycles. The predicted molar refractivity (Wildman–Crippen MR) is 50.5 cm³/mol. The van der Waals surface area contributed by atoms with Gasteiger partial charge in [-0.25, -0.2) is 4.79 Å². The number of carbonyl (C=O) groups is 1. The van der Waals surface area contributed by atoms with Crippen molar-refractivity contribution in [3.05, 3.63) is 30.3 Å². The summed E-state index contributed by atoms with van der Waals surface area (Å²) in [6, 6.07) is 9.30. The van der Waals surface area contributed by atoms with E-state index in [9.17, 15) is 4.79 Å². The van der Waals surface area contributed by atoms with E-state index >= 15 is 0 Å². The van der Waals surface area contributed by atoms with E-state index in [0.29, 0.717) is 5.82 Å². The molecule has 0 bridgehead atoms. The second-order valence-corrected chi connectivity index (χ2v) is 2.81. The first-order chi connectivity index (χ1) is 7.25. The number of hydrogen-bond donors (Lipinski definition) is 0. The monoisotopic (exact) mass is 204 g/mol. The lowest BCUT2D eigenvalue weighted by atomic mass is 10.2. The summed E-state index contributed by atoms with van der Waals surface area (Å²) >= 11 is 0. The Hall–Kier alpha value is -2.24. The van der Waals surface area contributed by atoms with Gasteiger partial charge in [0.2, 0.25) is 5.82 Å². The molecule has 0 radical (unpaired) electrons. The second kappa shape index (κ2) is 3.87. The molecule has 0 N–H and O–H groups in total. The third-order valence-electron chi connectivity index (χ3n) is 1.64. The van der Waals surface area contributed by atoms with Gasteiger partial charge in [0.1, 0.15) is 0 Å². The van der Waals surface area contributed by atoms with Crippen LogP contribution < -0.4 is 4.84 Å². The van der Waals surface area contributed by atoms with Gasteiger partial charge in [-0.1, -0.05) is 35.4 Å². The van der Waals surface area contributed by atoms with Crippen molar-refractivity contribution in [2.24, 2.45) is 0 Å². The van der Waals surface area contributed by atoms with Crippen LogP contribution in [0.2, 0.25) is 0 Å². The van der Waals surface area contributed by atoms with Gasteiger partial charge in [-0.3, -0.25) is 0 Å². The van der Waals surface area contributed by atoms with Crippen LogP contribution >= 0.6 is 0 Å². The lowest BCUT2D eigenvalue weighted by Crippen LogP contribution is -2.19. The third kappa shape index (κ3) is 2.16. The second-order valence-electron chi connectivity index (χ2n) is 2.81. The molecular weight excluding hydrogens is 196 g/mol. The maximum Gasteiger partial charge on any atom is 0.333 e. The fraction of sp³-hybridized carbons (Fsp3) is 0.111. The number of carbonyl (C=O) groups excluding carboxylic acids is 1. The summed E-state index contributed by atoms with van der Waals surface area (Å²) < 4.78 is 0. The van der Waals surface area contributed by atoms with E-state index in [2.05, 4.69) is 20.2 Å². The van der Waals surface area contributed by atoms with Gasteiger partial charge in [-0.2, -0.15) is 0 Å². The van der Waals surface area contributed by atoms with Gasteiger partial charge in [-0.15, -0.1) is 5.10 Å². The lowest BCUT2D eigenvalue weighted by Gasteiger charge is -1.93. The fourth-order valence-electron chi connectivity index (χ4n) is 1.06. The smallest absolute Gasteiger partial charge is 0.301 e. The molecule has 0 saturated heterocycles. The summed E-state index contributed by atoms with van der Waals surface area (Å²) in [6.07, 6.45) is 0. The van der Waals surface area contributed by atoms with E-state index in [1.165, 1.54) is 6.92 Å². The zero-order chi connectivity index (χ0) is 10.7. The van der Waals surface area contributed by atoms with Gasteiger partial charge in [-0.05, 0) is 5.21 Å². The van der Waals surface area contributed by atoms with Gasteiger partial charge in [0.05, 0.1) is 0 Å². The van der Waals surface area contributed by atoms with Crippen molar-refractivity contribution >= 4 is 5.97 Å². The maximum atomic E-state index is 10.6. The zero-order valence-corrected chi connectivity index (χ0v) is 7.99. The van der Waals surface area contributed by atoms with Crippen LogP contribution in [0.1, 0.15) is 6.92 Å². The molecule has 2 aromatic rings. The molecule has 6 heteroatoms. The highest BCUT2D eigenvalue weighted by atomic mass is 16.7. The van der Waals surface area contributed by atoms with Crippen LogP contribution in [0.5, 0.6) is 0 Å². The molecule has 1 aromatic heterocycles. The summed E-state index contributed by atoms with van der Waals surface area (Å²) in [6.45, 7) is 1.27. The van der Waals surface area contributed by atoms with E-state index < -0.39 is 5.97 Å². The highest BCUT2D eigenvalue weighted by Crippen LogP contribution is 2.11. The van der Waals surface area contributed by atoms with Crippen molar-refractivity contribution < 1.29 is 9.63 Å². The third-order valence-corrected chi connectivity index (χ3v) is 1.64. The lowest BCUT2D eigenvalue weighted by molar-refractivity contribution is -0.145. The number of aromatic nitrogens is 4. The Labute approximate surface area is 85.4 Å². The molecule has 0 aliphatic rings. The Morgan fingerprint density at radius 3 is 2.73 bits per heavy atom. The van der Waals surface area contributed by atoms with Crippen molar-refractivity contribution in [3.63, 3.8) is 0 Å². The zero-order valence-electron chi connectivity index (χ0n) is 7.99. The average Bonchev–Trinajstić information content (AvgIpc) is 2.67. The first-order valence-electron chi connectivity index (χ1n) is 4.30. The molecule has 0 unspecified atom stereocenters. The minimum Gasteiger partial charge on any atom is -0.301 e. The molecule has 0 atom stereocenters. The number of rotatable bonds is 2. The van der Waals surface area contributed by atoms with E-state index in [1.54, 1.807) is 0 Å². The summed E-state index contributed by atoms with van der Waals surface area (Å²) in [5.74, 6) is -0.0798. The van der Waals surface area contributed by atoms with Gasteiger partial charge in [0, 0.05) is 17.4 Å². The van der Waals surface area contributed by atoms with Crippen LogP contribution in [-0.2, 0) is 4.79 Å². The van der Waals surface area contributed by atoms with Crippen LogP contribution in [0.4, 0.5) is 0 Å². The molecule has 0 aliphatic carbocycles. The molecule has 0 fully saturated rings. The van der Waals surface area contributed by atoms with E-state index in [4.69, 9.17) is 0 Å². The molecular formula is C9H8N4O2. The number of tetrazole rings is 1. The normalized spacial score (nSPS) is 9.93. The highest BCUT2D eigenvalue weighted by molar-refractivity contribution is 5.66. The molecule has 0 amide bonds. The number of nitrogens with zero attached hydrogens (tertiary/aromatic N) is 4. The quantitative estimate of drug-likeness (QED) is 0.658. The van der Waals surface area contributed by atoms with Crippen molar-refractivity contribution in [2.45, 2.75) is 6.92 Å². The Kier molecular flexibility index (Phi) is 2.40. The Balaban J connectivity index is 2.24. The van der Waals surface area contributed by atoms with Crippen molar-refractivity contribution in [2.75, 3.05) is 0 Å². The van der Waals surface area contributed by atoms with Gasteiger partial charge in [0.25, 0.3) is 0 Å². The van der Waals surface area contributed by atoms with E-state index in [0.717, 1.165) is 10.5 Å². The molecule has 76 valence electrons. The molecule has 1 aromatic carbocycles. The predicted octanol–water partition coefficient (Wildman–Crippen LogP) is 0.315. The number of benzene rings is 1. The minimum absolute atomic E-state index is 0.414. The largest absolute Gasteiger partial charge is 0.333 e. The minimum atomic E-state index is -0.494. The van der Waals surface area contributed by atoms with E-state index in [1.807, 2.05) is 30.3 Å². The average molecular weight is 204 g/mol. The molecule has 2 rings (SSSR count). The van der Waals surface area contributed by atoms with Crippen LogP contribution in [0.25, 0.3) is 11.4 Å². The van der Waals surface area contributed by atoms with Crippen LogP contribution in [-0.4, -0.2) is 26.3 Å². The SMILES string of the molecule is CC(=O)On1nnc(-c2ccccc2)n1. The van der Waals surface area contributed by atoms with Crippen molar-refractivity contribution in [1.29, 1.82) is 0 Å². The topological polar surface area (TPSA) is 69.9 Å². The first-order valence-corrected chi connectivity index (χ1v) is 4.30. The Bertz CT molecular complexity index is 466. The van der Waals surface area contributed by atoms with E-state index in [-0.39, 0.29) is 0 Å². The van der Waals surface area contributed by atoms with Crippen molar-refractivity contribution in [1.82, 2.24) is 20.4 Å². The maximum absolute atomic E-state index is 10.6. The van der Waals surface area contributed by atoms with Crippen LogP contribution in [0.15, 0.2) is 30.3 Å². The summed E-state index contributed by atoms with van der Waals surface area (Å²) in [7, 11) is 0. The molecule has 0 saturated carbocycles. The fourth-order valence-corrected chi connectivity index (χ4v) is 1.06. The van der Waals surface area contributed by atoms with Crippen LogP contribution in [0, 0.1) is 0 Å².